The van der Waals surface area contributed by atoms with Gasteiger partial charge in [-0.25, -0.2) is 0 Å². The molecule has 0 spiro atoms. The van der Waals surface area contributed by atoms with Crippen molar-refractivity contribution in [1.82, 2.24) is 9.88 Å². The highest BCUT2D eigenvalue weighted by atomic mass is 32.2. The molecule has 19 heavy (non-hydrogen) atoms. The Bertz CT molecular complexity index is 480. The fourth-order valence-corrected chi connectivity index (χ4v) is 3.70. The predicted octanol–water partition coefficient (Wildman–Crippen LogP) is 2.12. The second-order valence-electron chi connectivity index (χ2n) is 4.90. The summed E-state index contributed by atoms with van der Waals surface area (Å²) in [7, 11) is 1.86. The topological polar surface area (TPSA) is 53.2 Å². The summed E-state index contributed by atoms with van der Waals surface area (Å²) in [6.45, 7) is 2.17. The first-order chi connectivity index (χ1) is 9.11. The fourth-order valence-electron chi connectivity index (χ4n) is 2.57. The number of hydrogen-bond acceptors (Lipinski definition) is 3. The molecule has 1 aromatic rings. The summed E-state index contributed by atoms with van der Waals surface area (Å²) in [5.74, 6) is 1.12. The molecule has 1 aromatic heterocycles. The van der Waals surface area contributed by atoms with Crippen LogP contribution >= 0.6 is 11.8 Å². The molecule has 1 fully saturated rings. The lowest BCUT2D eigenvalue weighted by Gasteiger charge is -2.24. The maximum absolute atomic E-state index is 12.3. The van der Waals surface area contributed by atoms with E-state index in [1.165, 1.54) is 18.7 Å². The maximum atomic E-state index is 12.3. The van der Waals surface area contributed by atoms with E-state index in [4.69, 9.17) is 0 Å². The minimum absolute atomic E-state index is 0.0107. The second-order valence-corrected chi connectivity index (χ2v) is 6.48. The molecule has 0 unspecified atom stereocenters. The van der Waals surface area contributed by atoms with Gasteiger partial charge < -0.3 is 9.88 Å². The Kier molecular flexibility index (Phi) is 4.69. The highest BCUT2D eigenvalue weighted by Gasteiger charge is 2.30. The van der Waals surface area contributed by atoms with Crippen LogP contribution in [0.4, 0.5) is 0 Å². The molecule has 1 heterocycles. The quantitative estimate of drug-likeness (QED) is 0.919. The Morgan fingerprint density at radius 1 is 1.47 bits per heavy atom. The SMILES string of the molecule is CCS[C@@H]1CC[C@@H](N(C)C(=O)c2ccc(=O)[nH]c2)C1. The van der Waals surface area contributed by atoms with Crippen molar-refractivity contribution in [2.24, 2.45) is 0 Å². The summed E-state index contributed by atoms with van der Waals surface area (Å²) >= 11 is 1.98. The lowest BCUT2D eigenvalue weighted by Crippen LogP contribution is -2.35. The van der Waals surface area contributed by atoms with E-state index in [1.807, 2.05) is 23.7 Å². The minimum Gasteiger partial charge on any atom is -0.339 e. The third kappa shape index (κ3) is 3.41. The summed E-state index contributed by atoms with van der Waals surface area (Å²) in [4.78, 5) is 27.7. The summed E-state index contributed by atoms with van der Waals surface area (Å²) in [6, 6.07) is 3.31. The summed E-state index contributed by atoms with van der Waals surface area (Å²) in [6.07, 6.45) is 4.83. The molecule has 1 amide bonds. The molecule has 0 bridgehead atoms. The molecule has 1 N–H and O–H groups in total. The van der Waals surface area contributed by atoms with E-state index >= 15 is 0 Å². The Balaban J connectivity index is 2.00. The number of pyridine rings is 1. The number of nitrogens with one attached hydrogen (secondary N) is 1. The molecule has 0 aliphatic heterocycles. The molecule has 1 saturated carbocycles. The van der Waals surface area contributed by atoms with Crippen molar-refractivity contribution in [3.63, 3.8) is 0 Å². The summed E-state index contributed by atoms with van der Waals surface area (Å²) < 4.78 is 0. The first kappa shape index (κ1) is 14.2. The van der Waals surface area contributed by atoms with Crippen molar-refractivity contribution in [2.75, 3.05) is 12.8 Å². The van der Waals surface area contributed by atoms with E-state index < -0.39 is 0 Å². The largest absolute Gasteiger partial charge is 0.339 e. The van der Waals surface area contributed by atoms with E-state index in [-0.39, 0.29) is 11.5 Å². The number of carbonyl (C=O) groups is 1. The van der Waals surface area contributed by atoms with Gasteiger partial charge in [-0.2, -0.15) is 11.8 Å². The predicted molar refractivity (Wildman–Crippen MR) is 78.7 cm³/mol. The minimum atomic E-state index is -0.181. The van der Waals surface area contributed by atoms with E-state index in [2.05, 4.69) is 11.9 Å². The van der Waals surface area contributed by atoms with Gasteiger partial charge in [0.05, 0.1) is 5.56 Å². The van der Waals surface area contributed by atoms with Crippen LogP contribution in [0.15, 0.2) is 23.1 Å². The number of aromatic amines is 1. The Hall–Kier alpha value is -1.23. The van der Waals surface area contributed by atoms with Gasteiger partial charge in [-0.05, 0) is 31.1 Å². The van der Waals surface area contributed by atoms with Gasteiger partial charge >= 0.3 is 0 Å². The van der Waals surface area contributed by atoms with Gasteiger partial charge in [0.15, 0.2) is 0 Å². The average Bonchev–Trinajstić information content (AvgIpc) is 2.87. The first-order valence-electron chi connectivity index (χ1n) is 6.69. The van der Waals surface area contributed by atoms with Gasteiger partial charge in [0, 0.05) is 30.6 Å². The van der Waals surface area contributed by atoms with Crippen LogP contribution in [0.3, 0.4) is 0 Å². The molecule has 0 saturated heterocycles. The molecule has 0 radical (unpaired) electrons. The smallest absolute Gasteiger partial charge is 0.255 e. The molecule has 104 valence electrons. The lowest BCUT2D eigenvalue weighted by molar-refractivity contribution is 0.0735. The van der Waals surface area contributed by atoms with Gasteiger partial charge in [-0.1, -0.05) is 6.92 Å². The molecular formula is C14H20N2O2S. The molecule has 2 rings (SSSR count). The number of rotatable bonds is 4. The highest BCUT2D eigenvalue weighted by molar-refractivity contribution is 7.99. The maximum Gasteiger partial charge on any atom is 0.255 e. The van der Waals surface area contributed by atoms with E-state index in [0.717, 1.165) is 18.6 Å². The van der Waals surface area contributed by atoms with Gasteiger partial charge in [0.1, 0.15) is 0 Å². The van der Waals surface area contributed by atoms with E-state index in [9.17, 15) is 9.59 Å². The van der Waals surface area contributed by atoms with Gasteiger partial charge in [-0.15, -0.1) is 0 Å². The van der Waals surface area contributed by atoms with Crippen LogP contribution in [0.1, 0.15) is 36.5 Å². The molecule has 0 aromatic carbocycles. The Labute approximate surface area is 117 Å². The zero-order chi connectivity index (χ0) is 13.8. The van der Waals surface area contributed by atoms with Crippen LogP contribution in [0.2, 0.25) is 0 Å². The van der Waals surface area contributed by atoms with Crippen molar-refractivity contribution in [3.8, 4) is 0 Å². The summed E-state index contributed by atoms with van der Waals surface area (Å²) in [5.41, 5.74) is 0.369. The molecule has 1 aliphatic rings. The van der Waals surface area contributed by atoms with Crippen molar-refractivity contribution in [2.45, 2.75) is 37.5 Å². The normalized spacial score (nSPS) is 22.4. The third-order valence-electron chi connectivity index (χ3n) is 3.66. The number of nitrogens with zero attached hydrogens (tertiary/aromatic N) is 1. The fraction of sp³-hybridized carbons (Fsp3) is 0.571. The second kappa shape index (κ2) is 6.28. The number of thioether (sulfide) groups is 1. The monoisotopic (exact) mass is 280 g/mol. The highest BCUT2D eigenvalue weighted by Crippen LogP contribution is 2.32. The van der Waals surface area contributed by atoms with Crippen LogP contribution < -0.4 is 5.56 Å². The van der Waals surface area contributed by atoms with Crippen molar-refractivity contribution in [1.29, 1.82) is 0 Å². The molecule has 1 aliphatic carbocycles. The first-order valence-corrected chi connectivity index (χ1v) is 7.74. The molecule has 2 atom stereocenters. The van der Waals surface area contributed by atoms with Crippen LogP contribution in [0.25, 0.3) is 0 Å². The third-order valence-corrected chi connectivity index (χ3v) is 4.89. The zero-order valence-corrected chi connectivity index (χ0v) is 12.2. The lowest BCUT2D eigenvalue weighted by atomic mass is 10.2. The van der Waals surface area contributed by atoms with Crippen molar-refractivity contribution in [3.05, 3.63) is 34.2 Å². The number of H-pyrrole nitrogens is 1. The van der Waals surface area contributed by atoms with Crippen LogP contribution in [0, 0.1) is 0 Å². The van der Waals surface area contributed by atoms with Crippen LogP contribution in [-0.4, -0.2) is 39.9 Å². The van der Waals surface area contributed by atoms with Gasteiger partial charge in [-0.3, -0.25) is 9.59 Å². The van der Waals surface area contributed by atoms with Crippen molar-refractivity contribution < 1.29 is 4.79 Å². The zero-order valence-electron chi connectivity index (χ0n) is 11.4. The van der Waals surface area contributed by atoms with E-state index in [1.54, 1.807) is 6.07 Å². The molecule has 4 nitrogen and oxygen atoms in total. The summed E-state index contributed by atoms with van der Waals surface area (Å²) in [5, 5.41) is 0.681. The van der Waals surface area contributed by atoms with Crippen LogP contribution in [-0.2, 0) is 0 Å². The Morgan fingerprint density at radius 2 is 2.26 bits per heavy atom. The molecule has 5 heteroatoms. The van der Waals surface area contributed by atoms with Gasteiger partial charge in [0.25, 0.3) is 5.91 Å². The number of carbonyl (C=O) groups excluding carboxylic acids is 1. The van der Waals surface area contributed by atoms with Crippen LogP contribution in [0.5, 0.6) is 0 Å². The van der Waals surface area contributed by atoms with Gasteiger partial charge in [0.2, 0.25) is 5.56 Å². The Morgan fingerprint density at radius 3 is 2.89 bits per heavy atom. The number of aromatic nitrogens is 1. The van der Waals surface area contributed by atoms with E-state index in [0.29, 0.717) is 16.9 Å². The standard InChI is InChI=1S/C14H20N2O2S/c1-3-19-12-6-5-11(8-12)16(2)14(18)10-4-7-13(17)15-9-10/h4,7,9,11-12H,3,5-6,8H2,1-2H3,(H,15,17)/t11-,12-/m1/s1. The number of amides is 1. The average molecular weight is 280 g/mol. The number of hydrogen-bond donors (Lipinski definition) is 1. The molecular weight excluding hydrogens is 260 g/mol. The van der Waals surface area contributed by atoms with Crippen molar-refractivity contribution >= 4 is 17.7 Å².